The van der Waals surface area contributed by atoms with Crippen molar-refractivity contribution in [1.29, 1.82) is 0 Å². The first-order valence-corrected chi connectivity index (χ1v) is 6.80. The van der Waals surface area contributed by atoms with E-state index < -0.39 is 0 Å². The van der Waals surface area contributed by atoms with Crippen molar-refractivity contribution in [2.45, 2.75) is 6.92 Å². The van der Waals surface area contributed by atoms with Crippen LogP contribution < -0.4 is 0 Å². The Hall–Kier alpha value is -2.54. The number of hydrogen-bond acceptors (Lipinski definition) is 0. The van der Waals surface area contributed by atoms with Crippen LogP contribution in [0.3, 0.4) is 0 Å². The van der Waals surface area contributed by atoms with Gasteiger partial charge in [-0.2, -0.15) is 0 Å². The molecule has 0 aliphatic heterocycles. The molecular weight excluding hydrogens is 242 g/mol. The summed E-state index contributed by atoms with van der Waals surface area (Å²) in [6, 6.07) is 23.1. The Bertz CT molecular complexity index is 707. The monoisotopic (exact) mass is 259 g/mol. The number of rotatable bonds is 3. The van der Waals surface area contributed by atoms with Gasteiger partial charge in [-0.25, -0.2) is 0 Å². The standard InChI is InChI=1S/C19H17N/c1-16-9-5-6-12-18(16)19(15-20-13-7-8-14-20)17-10-3-2-4-11-17/h2-15H,1H3/b19-15+. The van der Waals surface area contributed by atoms with Gasteiger partial charge in [0.15, 0.2) is 0 Å². The summed E-state index contributed by atoms with van der Waals surface area (Å²) >= 11 is 0. The minimum atomic E-state index is 1.23. The maximum Gasteiger partial charge on any atom is 0.0167 e. The Morgan fingerprint density at radius 3 is 2.15 bits per heavy atom. The molecule has 1 heteroatoms. The third-order valence-electron chi connectivity index (χ3n) is 3.43. The average Bonchev–Trinajstić information content (AvgIpc) is 3.00. The van der Waals surface area contributed by atoms with Gasteiger partial charge in [0, 0.05) is 24.2 Å². The molecule has 0 saturated carbocycles. The normalized spacial score (nSPS) is 11.6. The Morgan fingerprint density at radius 1 is 0.800 bits per heavy atom. The summed E-state index contributed by atoms with van der Waals surface area (Å²) in [6.07, 6.45) is 6.29. The van der Waals surface area contributed by atoms with E-state index in [1.807, 2.05) is 12.1 Å². The van der Waals surface area contributed by atoms with E-state index in [4.69, 9.17) is 0 Å². The molecule has 1 heterocycles. The molecule has 0 radical (unpaired) electrons. The van der Waals surface area contributed by atoms with Crippen molar-refractivity contribution >= 4 is 11.8 Å². The molecule has 0 spiro atoms. The summed E-state index contributed by atoms with van der Waals surface area (Å²) in [4.78, 5) is 0. The van der Waals surface area contributed by atoms with Crippen LogP contribution in [0.5, 0.6) is 0 Å². The molecule has 3 aromatic rings. The number of aromatic nitrogens is 1. The summed E-state index contributed by atoms with van der Waals surface area (Å²) in [6.45, 7) is 2.15. The molecule has 0 amide bonds. The molecule has 0 aliphatic rings. The third-order valence-corrected chi connectivity index (χ3v) is 3.43. The lowest BCUT2D eigenvalue weighted by Crippen LogP contribution is -1.93. The molecule has 3 rings (SSSR count). The van der Waals surface area contributed by atoms with E-state index >= 15 is 0 Å². The summed E-state index contributed by atoms with van der Waals surface area (Å²) < 4.78 is 2.09. The topological polar surface area (TPSA) is 4.93 Å². The lowest BCUT2D eigenvalue weighted by atomic mass is 9.95. The van der Waals surface area contributed by atoms with Crippen LogP contribution in [0.2, 0.25) is 0 Å². The van der Waals surface area contributed by atoms with E-state index in [1.165, 1.54) is 22.3 Å². The SMILES string of the molecule is Cc1ccccc1/C(=C/n1cccc1)c1ccccc1. The zero-order chi connectivity index (χ0) is 13.8. The Balaban J connectivity index is 2.17. The fourth-order valence-corrected chi connectivity index (χ4v) is 2.38. The Morgan fingerprint density at radius 2 is 1.45 bits per heavy atom. The van der Waals surface area contributed by atoms with Gasteiger partial charge in [0.25, 0.3) is 0 Å². The Kier molecular flexibility index (Phi) is 3.51. The second-order valence-corrected chi connectivity index (χ2v) is 4.85. The van der Waals surface area contributed by atoms with Gasteiger partial charge in [-0.3, -0.25) is 0 Å². The maximum atomic E-state index is 2.18. The van der Waals surface area contributed by atoms with Crippen LogP contribution in [-0.4, -0.2) is 4.57 Å². The fourth-order valence-electron chi connectivity index (χ4n) is 2.38. The molecular formula is C19H17N. The highest BCUT2D eigenvalue weighted by Crippen LogP contribution is 2.26. The highest BCUT2D eigenvalue weighted by atomic mass is 14.9. The van der Waals surface area contributed by atoms with E-state index in [1.54, 1.807) is 0 Å². The van der Waals surface area contributed by atoms with Crippen LogP contribution in [-0.2, 0) is 0 Å². The first-order valence-electron chi connectivity index (χ1n) is 6.80. The van der Waals surface area contributed by atoms with E-state index in [9.17, 15) is 0 Å². The van der Waals surface area contributed by atoms with Crippen LogP contribution in [0.25, 0.3) is 11.8 Å². The third kappa shape index (κ3) is 2.57. The second kappa shape index (κ2) is 5.62. The van der Waals surface area contributed by atoms with Gasteiger partial charge in [-0.05, 0) is 35.7 Å². The van der Waals surface area contributed by atoms with Crippen molar-refractivity contribution in [3.8, 4) is 0 Å². The highest BCUT2D eigenvalue weighted by molar-refractivity contribution is 5.88. The van der Waals surface area contributed by atoms with Crippen molar-refractivity contribution in [1.82, 2.24) is 4.57 Å². The van der Waals surface area contributed by atoms with E-state index in [0.29, 0.717) is 0 Å². The largest absolute Gasteiger partial charge is 0.330 e. The molecule has 0 N–H and O–H groups in total. The van der Waals surface area contributed by atoms with Crippen molar-refractivity contribution in [2.75, 3.05) is 0 Å². The zero-order valence-corrected chi connectivity index (χ0v) is 11.5. The fraction of sp³-hybridized carbons (Fsp3) is 0.0526. The van der Waals surface area contributed by atoms with Crippen LogP contribution in [0, 0.1) is 6.92 Å². The van der Waals surface area contributed by atoms with Gasteiger partial charge in [0.05, 0.1) is 0 Å². The first-order chi connectivity index (χ1) is 9.84. The predicted molar refractivity (Wildman–Crippen MR) is 85.3 cm³/mol. The minimum Gasteiger partial charge on any atom is -0.330 e. The zero-order valence-electron chi connectivity index (χ0n) is 11.5. The summed E-state index contributed by atoms with van der Waals surface area (Å²) in [7, 11) is 0. The molecule has 1 nitrogen and oxygen atoms in total. The summed E-state index contributed by atoms with van der Waals surface area (Å²) in [5.41, 5.74) is 5.03. The van der Waals surface area contributed by atoms with Gasteiger partial charge in [0.1, 0.15) is 0 Å². The number of hydrogen-bond donors (Lipinski definition) is 0. The molecule has 0 aliphatic carbocycles. The Labute approximate surface area is 119 Å². The summed E-state index contributed by atoms with van der Waals surface area (Å²) in [5.74, 6) is 0. The van der Waals surface area contributed by atoms with Gasteiger partial charge in [0.2, 0.25) is 0 Å². The van der Waals surface area contributed by atoms with Gasteiger partial charge in [-0.15, -0.1) is 0 Å². The summed E-state index contributed by atoms with van der Waals surface area (Å²) in [5, 5.41) is 0. The van der Waals surface area contributed by atoms with E-state index in [2.05, 4.69) is 84.7 Å². The highest BCUT2D eigenvalue weighted by Gasteiger charge is 2.07. The first kappa shape index (κ1) is 12.5. The maximum absolute atomic E-state index is 2.18. The lowest BCUT2D eigenvalue weighted by molar-refractivity contribution is 1.17. The molecule has 0 unspecified atom stereocenters. The molecule has 0 fully saturated rings. The minimum absolute atomic E-state index is 1.23. The molecule has 0 atom stereocenters. The molecule has 20 heavy (non-hydrogen) atoms. The predicted octanol–water partition coefficient (Wildman–Crippen LogP) is 4.84. The molecule has 98 valence electrons. The molecule has 0 saturated heterocycles. The van der Waals surface area contributed by atoms with Gasteiger partial charge in [-0.1, -0.05) is 54.6 Å². The van der Waals surface area contributed by atoms with Crippen molar-refractivity contribution < 1.29 is 0 Å². The number of benzene rings is 2. The van der Waals surface area contributed by atoms with E-state index in [0.717, 1.165) is 0 Å². The number of nitrogens with zero attached hydrogens (tertiary/aromatic N) is 1. The second-order valence-electron chi connectivity index (χ2n) is 4.85. The molecule has 2 aromatic carbocycles. The van der Waals surface area contributed by atoms with Crippen LogP contribution in [0.4, 0.5) is 0 Å². The van der Waals surface area contributed by atoms with Crippen molar-refractivity contribution in [3.63, 3.8) is 0 Å². The molecule has 1 aromatic heterocycles. The quantitative estimate of drug-likeness (QED) is 0.634. The van der Waals surface area contributed by atoms with Crippen molar-refractivity contribution in [2.24, 2.45) is 0 Å². The number of aryl methyl sites for hydroxylation is 1. The van der Waals surface area contributed by atoms with Gasteiger partial charge < -0.3 is 4.57 Å². The van der Waals surface area contributed by atoms with Crippen molar-refractivity contribution in [3.05, 3.63) is 95.8 Å². The van der Waals surface area contributed by atoms with Gasteiger partial charge >= 0.3 is 0 Å². The van der Waals surface area contributed by atoms with Crippen LogP contribution in [0.1, 0.15) is 16.7 Å². The molecule has 0 bridgehead atoms. The average molecular weight is 259 g/mol. The lowest BCUT2D eigenvalue weighted by Gasteiger charge is -2.12. The van der Waals surface area contributed by atoms with Crippen LogP contribution in [0.15, 0.2) is 79.1 Å². The smallest absolute Gasteiger partial charge is 0.0167 e. The van der Waals surface area contributed by atoms with Crippen LogP contribution >= 0.6 is 0 Å². The van der Waals surface area contributed by atoms with E-state index in [-0.39, 0.29) is 0 Å².